The fourth-order valence-electron chi connectivity index (χ4n) is 4.90. The highest BCUT2D eigenvalue weighted by Gasteiger charge is 2.15. The number of ketones is 1. The fourth-order valence-corrected chi connectivity index (χ4v) is 4.90. The third-order valence-electron chi connectivity index (χ3n) is 6.90. The zero-order valence-electron chi connectivity index (χ0n) is 21.6. The van der Waals surface area contributed by atoms with Crippen molar-refractivity contribution in [1.29, 1.82) is 0 Å². The van der Waals surface area contributed by atoms with Crippen LogP contribution in [0.1, 0.15) is 34.3 Å². The summed E-state index contributed by atoms with van der Waals surface area (Å²) in [5.74, 6) is -0.117. The first-order chi connectivity index (χ1) is 19.6. The van der Waals surface area contributed by atoms with E-state index < -0.39 is 0 Å². The summed E-state index contributed by atoms with van der Waals surface area (Å²) in [5, 5.41) is 12.6. The number of aromatic hydroxyl groups is 1. The standard InChI is InChI=1S/C33H26N4O3/c38-30(26-10-6-18-37(33(26)40)21-23-8-5-17-34-20-23)12-4-1-7-22-13-15-25-29(19-22)36-32(39)31(25)28-16-14-24-9-2-3-11-27(24)35-28/h1-3,5-11,13-20,36,39H,4,12,21H2/b7-1+. The van der Waals surface area contributed by atoms with Gasteiger partial charge in [0.05, 0.1) is 28.9 Å². The number of para-hydroxylation sites is 1. The first-order valence-electron chi connectivity index (χ1n) is 13.1. The zero-order chi connectivity index (χ0) is 27.5. The number of pyridine rings is 3. The lowest BCUT2D eigenvalue weighted by Gasteiger charge is -2.07. The summed E-state index contributed by atoms with van der Waals surface area (Å²) in [6.45, 7) is 0.364. The number of allylic oxidation sites excluding steroid dienone is 1. The van der Waals surface area contributed by atoms with E-state index in [4.69, 9.17) is 4.98 Å². The lowest BCUT2D eigenvalue weighted by Crippen LogP contribution is -2.26. The van der Waals surface area contributed by atoms with E-state index in [1.54, 1.807) is 30.7 Å². The second-order valence-electron chi connectivity index (χ2n) is 9.62. The number of aromatic amines is 1. The maximum atomic E-state index is 12.9. The third-order valence-corrected chi connectivity index (χ3v) is 6.90. The van der Waals surface area contributed by atoms with E-state index in [1.165, 1.54) is 4.57 Å². The fraction of sp³-hybridized carbons (Fsp3) is 0.0909. The van der Waals surface area contributed by atoms with Crippen molar-refractivity contribution in [2.75, 3.05) is 0 Å². The first-order valence-corrected chi connectivity index (χ1v) is 13.1. The number of rotatable bonds is 8. The summed E-state index contributed by atoms with van der Waals surface area (Å²) in [6, 6.07) is 24.7. The summed E-state index contributed by atoms with van der Waals surface area (Å²) >= 11 is 0. The van der Waals surface area contributed by atoms with Crippen molar-refractivity contribution in [2.24, 2.45) is 0 Å². The van der Waals surface area contributed by atoms with Gasteiger partial charge in [0.25, 0.3) is 5.56 Å². The number of nitrogens with zero attached hydrogens (tertiary/aromatic N) is 3. The van der Waals surface area contributed by atoms with Crippen LogP contribution in [0.4, 0.5) is 0 Å². The molecule has 6 rings (SSSR count). The van der Waals surface area contributed by atoms with Crippen LogP contribution < -0.4 is 5.56 Å². The Bertz CT molecular complexity index is 1940. The van der Waals surface area contributed by atoms with Gasteiger partial charge in [0.15, 0.2) is 11.7 Å². The molecule has 40 heavy (non-hydrogen) atoms. The van der Waals surface area contributed by atoms with Gasteiger partial charge in [-0.3, -0.25) is 14.6 Å². The molecule has 0 aliphatic rings. The van der Waals surface area contributed by atoms with Crippen molar-refractivity contribution in [1.82, 2.24) is 19.5 Å². The molecule has 0 saturated carbocycles. The number of fused-ring (bicyclic) bond motifs is 2. The van der Waals surface area contributed by atoms with Crippen LogP contribution in [0.3, 0.4) is 0 Å². The molecule has 0 amide bonds. The van der Waals surface area contributed by atoms with Crippen molar-refractivity contribution < 1.29 is 9.90 Å². The smallest absolute Gasteiger partial charge is 0.261 e. The maximum Gasteiger partial charge on any atom is 0.261 e. The SMILES string of the molecule is O=C(CC/C=C/c1ccc2c(-c3ccc4ccccc4n3)c(O)[nH]c2c1)c1cccn(Cc2cccnc2)c1=O. The van der Waals surface area contributed by atoms with Crippen molar-refractivity contribution in [3.63, 3.8) is 0 Å². The summed E-state index contributed by atoms with van der Waals surface area (Å²) in [6.07, 6.45) is 9.65. The van der Waals surface area contributed by atoms with Gasteiger partial charge in [-0.05, 0) is 53.9 Å². The van der Waals surface area contributed by atoms with E-state index in [2.05, 4.69) is 9.97 Å². The quantitative estimate of drug-likeness (QED) is 0.225. The lowest BCUT2D eigenvalue weighted by molar-refractivity contribution is 0.0981. The van der Waals surface area contributed by atoms with Gasteiger partial charge in [-0.15, -0.1) is 0 Å². The van der Waals surface area contributed by atoms with Gasteiger partial charge < -0.3 is 14.7 Å². The highest BCUT2D eigenvalue weighted by atomic mass is 16.3. The monoisotopic (exact) mass is 526 g/mol. The third kappa shape index (κ3) is 5.05. The van der Waals surface area contributed by atoms with Gasteiger partial charge in [-0.2, -0.15) is 0 Å². The van der Waals surface area contributed by atoms with Gasteiger partial charge in [0.1, 0.15) is 0 Å². The van der Waals surface area contributed by atoms with Crippen LogP contribution in [-0.2, 0) is 6.54 Å². The Kier molecular flexibility index (Phi) is 6.77. The van der Waals surface area contributed by atoms with Crippen LogP contribution in [0, 0.1) is 0 Å². The molecule has 0 spiro atoms. The molecule has 0 fully saturated rings. The van der Waals surface area contributed by atoms with E-state index in [0.29, 0.717) is 24.2 Å². The average molecular weight is 527 g/mol. The van der Waals surface area contributed by atoms with Gasteiger partial charge in [-0.25, -0.2) is 4.98 Å². The molecule has 6 aromatic rings. The number of carbonyl (C=O) groups is 1. The summed E-state index contributed by atoms with van der Waals surface area (Å²) in [7, 11) is 0. The van der Waals surface area contributed by atoms with E-state index in [1.807, 2.05) is 78.9 Å². The largest absolute Gasteiger partial charge is 0.494 e. The van der Waals surface area contributed by atoms with Crippen LogP contribution in [0.25, 0.3) is 39.1 Å². The molecule has 0 aliphatic heterocycles. The minimum absolute atomic E-state index is 0.0709. The molecule has 0 aliphatic carbocycles. The molecule has 7 nitrogen and oxygen atoms in total. The van der Waals surface area contributed by atoms with Gasteiger partial charge in [-0.1, -0.05) is 54.6 Å². The Labute approximate surface area is 230 Å². The number of Topliss-reactive ketones (excluding diaryl/α,β-unsaturated/α-hetero) is 1. The molecular weight excluding hydrogens is 500 g/mol. The van der Waals surface area contributed by atoms with Gasteiger partial charge in [0.2, 0.25) is 0 Å². The molecule has 0 bridgehead atoms. The van der Waals surface area contributed by atoms with Gasteiger partial charge >= 0.3 is 0 Å². The van der Waals surface area contributed by atoms with Crippen LogP contribution in [-0.4, -0.2) is 30.4 Å². The minimum Gasteiger partial charge on any atom is -0.494 e. The first kappa shape index (κ1) is 25.0. The molecule has 0 unspecified atom stereocenters. The Hall–Kier alpha value is -5.30. The van der Waals surface area contributed by atoms with Crippen LogP contribution in [0.2, 0.25) is 0 Å². The molecule has 4 aromatic heterocycles. The Morgan fingerprint density at radius 2 is 1.90 bits per heavy atom. The van der Waals surface area contributed by atoms with E-state index in [-0.39, 0.29) is 29.2 Å². The van der Waals surface area contributed by atoms with Crippen molar-refractivity contribution >= 4 is 33.7 Å². The molecule has 2 N–H and O–H groups in total. The number of aromatic nitrogens is 4. The Morgan fingerprint density at radius 1 is 1.00 bits per heavy atom. The van der Waals surface area contributed by atoms with Gasteiger partial charge in [0, 0.05) is 41.3 Å². The number of H-pyrrole nitrogens is 1. The molecule has 196 valence electrons. The lowest BCUT2D eigenvalue weighted by atomic mass is 10.0. The molecule has 2 aromatic carbocycles. The summed E-state index contributed by atoms with van der Waals surface area (Å²) in [5.41, 5.74) is 4.74. The predicted octanol–water partition coefficient (Wildman–Crippen LogP) is 6.37. The molecule has 0 atom stereocenters. The summed E-state index contributed by atoms with van der Waals surface area (Å²) in [4.78, 5) is 37.6. The number of carbonyl (C=O) groups excluding carboxylic acids is 1. The summed E-state index contributed by atoms with van der Waals surface area (Å²) < 4.78 is 1.53. The normalized spacial score (nSPS) is 11.5. The molecule has 0 saturated heterocycles. The Balaban J connectivity index is 1.15. The Morgan fingerprint density at radius 3 is 2.77 bits per heavy atom. The van der Waals surface area contributed by atoms with Crippen molar-refractivity contribution in [3.05, 3.63) is 131 Å². The average Bonchev–Trinajstić information content (AvgIpc) is 3.31. The topological polar surface area (TPSA) is 101 Å². The molecule has 7 heteroatoms. The molecule has 4 heterocycles. The zero-order valence-corrected chi connectivity index (χ0v) is 21.6. The second-order valence-corrected chi connectivity index (χ2v) is 9.62. The minimum atomic E-state index is -0.297. The number of benzene rings is 2. The maximum absolute atomic E-state index is 12.9. The van der Waals surface area contributed by atoms with E-state index in [0.717, 1.165) is 32.9 Å². The van der Waals surface area contributed by atoms with Crippen molar-refractivity contribution in [3.8, 4) is 17.1 Å². The number of nitrogens with one attached hydrogen (secondary N) is 1. The molecule has 0 radical (unpaired) electrons. The molecular formula is C33H26N4O3. The number of hydrogen-bond acceptors (Lipinski definition) is 5. The van der Waals surface area contributed by atoms with E-state index in [9.17, 15) is 14.7 Å². The van der Waals surface area contributed by atoms with E-state index >= 15 is 0 Å². The highest BCUT2D eigenvalue weighted by molar-refractivity contribution is 6.00. The van der Waals surface area contributed by atoms with Crippen molar-refractivity contribution in [2.45, 2.75) is 19.4 Å². The number of hydrogen-bond donors (Lipinski definition) is 2. The van der Waals surface area contributed by atoms with Crippen LogP contribution in [0.5, 0.6) is 5.88 Å². The van der Waals surface area contributed by atoms with Crippen LogP contribution >= 0.6 is 0 Å². The predicted molar refractivity (Wildman–Crippen MR) is 157 cm³/mol. The highest BCUT2D eigenvalue weighted by Crippen LogP contribution is 2.36. The second kappa shape index (κ2) is 10.8. The van der Waals surface area contributed by atoms with Crippen LogP contribution in [0.15, 0.2) is 108 Å².